The molecule has 6 heteroatoms. The highest BCUT2D eigenvalue weighted by atomic mass is 32.2. The molecule has 24 heavy (non-hydrogen) atoms. The molecule has 0 aliphatic heterocycles. The number of carbonyl (C=O) groups is 1. The molecule has 0 N–H and O–H groups in total. The Bertz CT molecular complexity index is 714. The summed E-state index contributed by atoms with van der Waals surface area (Å²) in [5.41, 5.74) is 0.187. The third kappa shape index (κ3) is 4.38. The van der Waals surface area contributed by atoms with Crippen LogP contribution in [0.25, 0.3) is 0 Å². The highest BCUT2D eigenvalue weighted by Gasteiger charge is 2.37. The van der Waals surface area contributed by atoms with Crippen molar-refractivity contribution in [3.8, 4) is 0 Å². The van der Waals surface area contributed by atoms with E-state index in [4.69, 9.17) is 4.74 Å². The van der Waals surface area contributed by atoms with Gasteiger partial charge in [-0.05, 0) is 59.1 Å². The summed E-state index contributed by atoms with van der Waals surface area (Å²) in [7, 11) is -3.98. The lowest BCUT2D eigenvalue weighted by Crippen LogP contribution is -2.46. The first kappa shape index (κ1) is 18.5. The second-order valence-electron chi connectivity index (χ2n) is 7.02. The average molecular weight is 351 g/mol. The zero-order chi connectivity index (χ0) is 18.0. The van der Waals surface area contributed by atoms with Crippen LogP contribution in [0.5, 0.6) is 0 Å². The molecule has 0 fully saturated rings. The van der Waals surface area contributed by atoms with Gasteiger partial charge in [0.25, 0.3) is 10.0 Å². The predicted molar refractivity (Wildman–Crippen MR) is 93.2 cm³/mol. The molecule has 1 unspecified atom stereocenters. The standard InChI is InChI=1S/C18H25NO4S/c1-14-10-12-16(13-11-14)24(21,22)19(15-8-6-5-7-9-15)17(20)23-18(2,3)4/h6,8,10-13,15H,5,7,9H2,1-4H3. The second kappa shape index (κ2) is 6.97. The average Bonchev–Trinajstić information content (AvgIpc) is 2.46. The van der Waals surface area contributed by atoms with Crippen LogP contribution >= 0.6 is 0 Å². The van der Waals surface area contributed by atoms with Gasteiger partial charge in [0.1, 0.15) is 5.60 Å². The number of benzene rings is 1. The number of rotatable bonds is 3. The van der Waals surface area contributed by atoms with Crippen LogP contribution in [-0.2, 0) is 14.8 Å². The van der Waals surface area contributed by atoms with Gasteiger partial charge in [-0.25, -0.2) is 13.2 Å². The maximum Gasteiger partial charge on any atom is 0.424 e. The highest BCUT2D eigenvalue weighted by Crippen LogP contribution is 2.26. The van der Waals surface area contributed by atoms with Gasteiger partial charge in [-0.2, -0.15) is 4.31 Å². The Morgan fingerprint density at radius 2 is 1.83 bits per heavy atom. The number of hydrogen-bond acceptors (Lipinski definition) is 4. The minimum atomic E-state index is -3.98. The molecule has 1 amide bonds. The van der Waals surface area contributed by atoms with E-state index in [1.807, 2.05) is 13.0 Å². The summed E-state index contributed by atoms with van der Waals surface area (Å²) >= 11 is 0. The van der Waals surface area contributed by atoms with E-state index in [0.29, 0.717) is 6.42 Å². The molecule has 0 saturated heterocycles. The van der Waals surface area contributed by atoms with Crippen LogP contribution in [0.1, 0.15) is 45.6 Å². The number of amides is 1. The summed E-state index contributed by atoms with van der Waals surface area (Å²) < 4.78 is 32.4. The lowest BCUT2D eigenvalue weighted by atomic mass is 10.0. The van der Waals surface area contributed by atoms with Crippen molar-refractivity contribution in [2.45, 2.75) is 63.5 Å². The zero-order valence-electron chi connectivity index (χ0n) is 14.7. The Kier molecular flexibility index (Phi) is 5.38. The van der Waals surface area contributed by atoms with Crippen molar-refractivity contribution < 1.29 is 17.9 Å². The third-order valence-electron chi connectivity index (χ3n) is 3.68. The fourth-order valence-electron chi connectivity index (χ4n) is 2.53. The molecule has 1 aromatic carbocycles. The van der Waals surface area contributed by atoms with E-state index in [9.17, 15) is 13.2 Å². The van der Waals surface area contributed by atoms with Crippen LogP contribution in [0.4, 0.5) is 4.79 Å². The van der Waals surface area contributed by atoms with E-state index in [-0.39, 0.29) is 4.90 Å². The number of carbonyl (C=O) groups excluding carboxylic acids is 1. The quantitative estimate of drug-likeness (QED) is 0.771. The summed E-state index contributed by atoms with van der Waals surface area (Å²) in [6.07, 6.45) is 5.18. The van der Waals surface area contributed by atoms with E-state index in [1.165, 1.54) is 12.1 Å². The molecule has 5 nitrogen and oxygen atoms in total. The fraction of sp³-hybridized carbons (Fsp3) is 0.500. The predicted octanol–water partition coefficient (Wildman–Crippen LogP) is 4.03. The Morgan fingerprint density at radius 3 is 2.33 bits per heavy atom. The Labute approximate surface area is 144 Å². The molecule has 0 saturated carbocycles. The number of allylic oxidation sites excluding steroid dienone is 1. The first-order valence-corrected chi connectivity index (χ1v) is 9.56. The molecule has 1 aliphatic carbocycles. The lowest BCUT2D eigenvalue weighted by Gasteiger charge is -2.32. The van der Waals surface area contributed by atoms with Crippen molar-refractivity contribution >= 4 is 16.1 Å². The molecule has 0 bridgehead atoms. The van der Waals surface area contributed by atoms with Crippen LogP contribution < -0.4 is 0 Å². The maximum absolute atomic E-state index is 13.1. The van der Waals surface area contributed by atoms with E-state index in [0.717, 1.165) is 22.7 Å². The summed E-state index contributed by atoms with van der Waals surface area (Å²) in [4.78, 5) is 12.7. The van der Waals surface area contributed by atoms with E-state index in [1.54, 1.807) is 39.0 Å². The minimum Gasteiger partial charge on any atom is -0.443 e. The molecule has 0 spiro atoms. The van der Waals surface area contributed by atoms with Crippen molar-refractivity contribution in [1.82, 2.24) is 4.31 Å². The molecular formula is C18H25NO4S. The first-order chi connectivity index (χ1) is 11.1. The van der Waals surface area contributed by atoms with Crippen molar-refractivity contribution in [3.63, 3.8) is 0 Å². The molecule has 0 radical (unpaired) electrons. The smallest absolute Gasteiger partial charge is 0.424 e. The normalized spacial score (nSPS) is 18.2. The van der Waals surface area contributed by atoms with Gasteiger partial charge in [-0.15, -0.1) is 0 Å². The molecule has 1 aromatic rings. The number of hydrogen-bond donors (Lipinski definition) is 0. The van der Waals surface area contributed by atoms with Crippen LogP contribution in [0, 0.1) is 6.92 Å². The molecule has 1 atom stereocenters. The third-order valence-corrected chi connectivity index (χ3v) is 5.49. The van der Waals surface area contributed by atoms with Gasteiger partial charge in [-0.3, -0.25) is 0 Å². The maximum atomic E-state index is 13.1. The van der Waals surface area contributed by atoms with Gasteiger partial charge in [0.05, 0.1) is 10.9 Å². The molecule has 0 aromatic heterocycles. The van der Waals surface area contributed by atoms with Gasteiger partial charge < -0.3 is 4.74 Å². The largest absolute Gasteiger partial charge is 0.443 e. The molecule has 0 heterocycles. The van der Waals surface area contributed by atoms with Crippen molar-refractivity contribution in [1.29, 1.82) is 0 Å². The van der Waals surface area contributed by atoms with Crippen molar-refractivity contribution in [2.75, 3.05) is 0 Å². The first-order valence-electron chi connectivity index (χ1n) is 8.12. The Morgan fingerprint density at radius 1 is 1.21 bits per heavy atom. The topological polar surface area (TPSA) is 63.7 Å². The number of ether oxygens (including phenoxy) is 1. The summed E-state index contributed by atoms with van der Waals surface area (Å²) in [5.74, 6) is 0. The van der Waals surface area contributed by atoms with Crippen LogP contribution in [0.2, 0.25) is 0 Å². The van der Waals surface area contributed by atoms with Crippen LogP contribution in [0.15, 0.2) is 41.3 Å². The van der Waals surface area contributed by atoms with Gasteiger partial charge >= 0.3 is 6.09 Å². The summed E-state index contributed by atoms with van der Waals surface area (Å²) in [6, 6.07) is 5.97. The van der Waals surface area contributed by atoms with Gasteiger partial charge in [0.2, 0.25) is 0 Å². The van der Waals surface area contributed by atoms with Gasteiger partial charge in [-0.1, -0.05) is 29.8 Å². The van der Waals surface area contributed by atoms with Crippen LogP contribution in [0.3, 0.4) is 0 Å². The van der Waals surface area contributed by atoms with Gasteiger partial charge in [0, 0.05) is 0 Å². The van der Waals surface area contributed by atoms with E-state index >= 15 is 0 Å². The highest BCUT2D eigenvalue weighted by molar-refractivity contribution is 7.89. The second-order valence-corrected chi connectivity index (χ2v) is 8.84. The molecule has 2 rings (SSSR count). The number of sulfonamides is 1. The fourth-order valence-corrected chi connectivity index (χ4v) is 4.01. The van der Waals surface area contributed by atoms with E-state index in [2.05, 4.69) is 0 Å². The summed E-state index contributed by atoms with van der Waals surface area (Å²) in [5, 5.41) is 0. The monoisotopic (exact) mass is 351 g/mol. The van der Waals surface area contributed by atoms with Gasteiger partial charge in [0.15, 0.2) is 0 Å². The lowest BCUT2D eigenvalue weighted by molar-refractivity contribution is 0.0354. The molecular weight excluding hydrogens is 326 g/mol. The number of nitrogens with zero attached hydrogens (tertiary/aromatic N) is 1. The SMILES string of the molecule is Cc1ccc(S(=O)(=O)N(C(=O)OC(C)(C)C)C2C=CCCC2)cc1. The summed E-state index contributed by atoms with van der Waals surface area (Å²) in [6.45, 7) is 7.04. The Hall–Kier alpha value is -1.82. The van der Waals surface area contributed by atoms with Crippen LogP contribution in [-0.4, -0.2) is 30.5 Å². The van der Waals surface area contributed by atoms with Crippen molar-refractivity contribution in [3.05, 3.63) is 42.0 Å². The van der Waals surface area contributed by atoms with E-state index < -0.39 is 27.8 Å². The minimum absolute atomic E-state index is 0.0953. The number of aryl methyl sites for hydroxylation is 1. The Balaban J connectivity index is 2.44. The van der Waals surface area contributed by atoms with Crippen molar-refractivity contribution in [2.24, 2.45) is 0 Å². The zero-order valence-corrected chi connectivity index (χ0v) is 15.5. The molecule has 132 valence electrons. The molecule has 1 aliphatic rings.